The average molecular weight is 329 g/mol. The Balaban J connectivity index is 1.59. The number of nitrogens with zero attached hydrogens (tertiary/aromatic N) is 2. The van der Waals surface area contributed by atoms with Crippen LogP contribution in [-0.2, 0) is 10.0 Å². The monoisotopic (exact) mass is 329 g/mol. The number of thiazole rings is 1. The molecule has 1 aliphatic heterocycles. The van der Waals surface area contributed by atoms with E-state index >= 15 is 0 Å². The van der Waals surface area contributed by atoms with Gasteiger partial charge in [-0.3, -0.25) is 0 Å². The molecule has 0 bridgehead atoms. The number of anilines is 1. The number of hydrogen-bond acceptors (Lipinski definition) is 6. The SMILES string of the molecule is O=S(=O)(NC1CCN(c2nccs2)CC1)c1cccs1. The maximum Gasteiger partial charge on any atom is 0.250 e. The molecule has 108 valence electrons. The summed E-state index contributed by atoms with van der Waals surface area (Å²) in [6.45, 7) is 1.68. The van der Waals surface area contributed by atoms with Gasteiger partial charge in [0.1, 0.15) is 4.21 Å². The van der Waals surface area contributed by atoms with Gasteiger partial charge in [0.15, 0.2) is 5.13 Å². The van der Waals surface area contributed by atoms with E-state index in [1.165, 1.54) is 11.3 Å². The Morgan fingerprint density at radius 3 is 2.65 bits per heavy atom. The number of sulfonamides is 1. The Kier molecular flexibility index (Phi) is 4.06. The largest absolute Gasteiger partial charge is 0.348 e. The summed E-state index contributed by atoms with van der Waals surface area (Å²) >= 11 is 2.87. The fourth-order valence-electron chi connectivity index (χ4n) is 2.25. The molecule has 8 heteroatoms. The first-order valence-electron chi connectivity index (χ1n) is 6.35. The topological polar surface area (TPSA) is 62.3 Å². The molecular formula is C12H15N3O2S3. The van der Waals surface area contributed by atoms with Crippen molar-refractivity contribution >= 4 is 37.8 Å². The van der Waals surface area contributed by atoms with Gasteiger partial charge in [-0.2, -0.15) is 0 Å². The molecule has 0 atom stereocenters. The van der Waals surface area contributed by atoms with Gasteiger partial charge in [0.05, 0.1) is 0 Å². The van der Waals surface area contributed by atoms with Crippen LogP contribution in [0.3, 0.4) is 0 Å². The third-order valence-electron chi connectivity index (χ3n) is 3.27. The molecule has 0 saturated carbocycles. The van der Waals surface area contributed by atoms with Crippen molar-refractivity contribution < 1.29 is 8.42 Å². The second-order valence-electron chi connectivity index (χ2n) is 4.63. The summed E-state index contributed by atoms with van der Waals surface area (Å²) in [6, 6.07) is 3.40. The molecule has 2 aromatic rings. The number of hydrogen-bond donors (Lipinski definition) is 1. The fourth-order valence-corrected chi connectivity index (χ4v) is 5.27. The highest BCUT2D eigenvalue weighted by Crippen LogP contribution is 2.23. The zero-order valence-corrected chi connectivity index (χ0v) is 13.2. The van der Waals surface area contributed by atoms with Crippen molar-refractivity contribution in [1.82, 2.24) is 9.71 Å². The number of piperidine rings is 1. The lowest BCUT2D eigenvalue weighted by molar-refractivity contribution is 0.460. The molecule has 1 saturated heterocycles. The van der Waals surface area contributed by atoms with Gasteiger partial charge < -0.3 is 4.90 Å². The van der Waals surface area contributed by atoms with E-state index in [-0.39, 0.29) is 6.04 Å². The zero-order valence-electron chi connectivity index (χ0n) is 10.7. The molecule has 0 aromatic carbocycles. The third kappa shape index (κ3) is 3.03. The Hall–Kier alpha value is -0.960. The molecule has 0 unspecified atom stereocenters. The fraction of sp³-hybridized carbons (Fsp3) is 0.417. The molecule has 1 N–H and O–H groups in total. The van der Waals surface area contributed by atoms with Gasteiger partial charge in [-0.25, -0.2) is 18.1 Å². The summed E-state index contributed by atoms with van der Waals surface area (Å²) < 4.78 is 27.5. The average Bonchev–Trinajstić information content (AvgIpc) is 3.13. The summed E-state index contributed by atoms with van der Waals surface area (Å²) in [5, 5.41) is 4.75. The quantitative estimate of drug-likeness (QED) is 0.933. The minimum Gasteiger partial charge on any atom is -0.348 e. The van der Waals surface area contributed by atoms with Crippen LogP contribution in [0.5, 0.6) is 0 Å². The predicted molar refractivity (Wildman–Crippen MR) is 82.0 cm³/mol. The van der Waals surface area contributed by atoms with E-state index in [4.69, 9.17) is 0 Å². The maximum absolute atomic E-state index is 12.1. The molecular weight excluding hydrogens is 314 g/mol. The summed E-state index contributed by atoms with van der Waals surface area (Å²) in [5.74, 6) is 0. The van der Waals surface area contributed by atoms with Crippen LogP contribution in [0.4, 0.5) is 5.13 Å². The molecule has 1 fully saturated rings. The Morgan fingerprint density at radius 1 is 1.25 bits per heavy atom. The Bertz CT molecular complexity index is 630. The predicted octanol–water partition coefficient (Wildman–Crippen LogP) is 2.15. The lowest BCUT2D eigenvalue weighted by Crippen LogP contribution is -2.44. The van der Waals surface area contributed by atoms with E-state index < -0.39 is 10.0 Å². The van der Waals surface area contributed by atoms with Crippen LogP contribution in [-0.4, -0.2) is 32.5 Å². The van der Waals surface area contributed by atoms with Crippen molar-refractivity contribution in [3.05, 3.63) is 29.1 Å². The third-order valence-corrected chi connectivity index (χ3v) is 7.02. The lowest BCUT2D eigenvalue weighted by atomic mass is 10.1. The Morgan fingerprint density at radius 2 is 2.05 bits per heavy atom. The maximum atomic E-state index is 12.1. The van der Waals surface area contributed by atoms with Gasteiger partial charge in [-0.1, -0.05) is 6.07 Å². The highest BCUT2D eigenvalue weighted by atomic mass is 32.2. The molecule has 20 heavy (non-hydrogen) atoms. The van der Waals surface area contributed by atoms with Gasteiger partial charge in [0, 0.05) is 30.7 Å². The molecule has 0 radical (unpaired) electrons. The summed E-state index contributed by atoms with van der Waals surface area (Å²) in [5.41, 5.74) is 0. The summed E-state index contributed by atoms with van der Waals surface area (Å²) in [4.78, 5) is 6.50. The van der Waals surface area contributed by atoms with Gasteiger partial charge in [-0.05, 0) is 24.3 Å². The first-order chi connectivity index (χ1) is 9.65. The molecule has 5 nitrogen and oxygen atoms in total. The first-order valence-corrected chi connectivity index (χ1v) is 9.60. The zero-order chi connectivity index (χ0) is 14.0. The number of nitrogens with one attached hydrogen (secondary N) is 1. The standard InChI is InChI=1S/C12H15N3O2S3/c16-20(17,11-2-1-8-18-11)14-10-3-6-15(7-4-10)12-13-5-9-19-12/h1-2,5,8-10,14H,3-4,6-7H2. The van der Waals surface area contributed by atoms with Gasteiger partial charge >= 0.3 is 0 Å². The second kappa shape index (κ2) is 5.80. The summed E-state index contributed by atoms with van der Waals surface area (Å²) in [6.07, 6.45) is 3.42. The van der Waals surface area contributed by atoms with Crippen LogP contribution in [0.15, 0.2) is 33.3 Å². The van der Waals surface area contributed by atoms with E-state index in [2.05, 4.69) is 14.6 Å². The van der Waals surface area contributed by atoms with Crippen molar-refractivity contribution in [1.29, 1.82) is 0 Å². The normalized spacial score (nSPS) is 17.5. The van der Waals surface area contributed by atoms with Crippen LogP contribution >= 0.6 is 22.7 Å². The minimum atomic E-state index is -3.35. The van der Waals surface area contributed by atoms with Crippen molar-refractivity contribution in [3.63, 3.8) is 0 Å². The van der Waals surface area contributed by atoms with E-state index in [1.807, 2.05) is 5.38 Å². The molecule has 2 aromatic heterocycles. The van der Waals surface area contributed by atoms with Crippen LogP contribution < -0.4 is 9.62 Å². The number of aromatic nitrogens is 1. The molecule has 3 heterocycles. The number of thiophene rings is 1. The molecule has 1 aliphatic rings. The van der Waals surface area contributed by atoms with Crippen LogP contribution in [0.2, 0.25) is 0 Å². The van der Waals surface area contributed by atoms with Crippen molar-refractivity contribution in [3.8, 4) is 0 Å². The van der Waals surface area contributed by atoms with Gasteiger partial charge in [0.25, 0.3) is 0 Å². The van der Waals surface area contributed by atoms with E-state index in [0.29, 0.717) is 4.21 Å². The molecule has 3 rings (SSSR count). The van der Waals surface area contributed by atoms with E-state index in [0.717, 1.165) is 31.1 Å². The molecule has 0 amide bonds. The van der Waals surface area contributed by atoms with Crippen molar-refractivity contribution in [2.75, 3.05) is 18.0 Å². The van der Waals surface area contributed by atoms with E-state index in [9.17, 15) is 8.42 Å². The van der Waals surface area contributed by atoms with Crippen LogP contribution in [0.25, 0.3) is 0 Å². The Labute approximate surface area is 126 Å². The minimum absolute atomic E-state index is 0.0123. The first kappa shape index (κ1) is 14.0. The smallest absolute Gasteiger partial charge is 0.250 e. The highest BCUT2D eigenvalue weighted by molar-refractivity contribution is 7.91. The van der Waals surface area contributed by atoms with Gasteiger partial charge in [-0.15, -0.1) is 22.7 Å². The van der Waals surface area contributed by atoms with Gasteiger partial charge in [0.2, 0.25) is 10.0 Å². The highest BCUT2D eigenvalue weighted by Gasteiger charge is 2.25. The van der Waals surface area contributed by atoms with E-state index in [1.54, 1.807) is 35.0 Å². The lowest BCUT2D eigenvalue weighted by Gasteiger charge is -2.31. The summed E-state index contributed by atoms with van der Waals surface area (Å²) in [7, 11) is -3.35. The van der Waals surface area contributed by atoms with Crippen molar-refractivity contribution in [2.24, 2.45) is 0 Å². The molecule has 0 spiro atoms. The second-order valence-corrected chi connectivity index (χ2v) is 8.39. The number of rotatable bonds is 4. The van der Waals surface area contributed by atoms with Crippen LogP contribution in [0, 0.1) is 0 Å². The van der Waals surface area contributed by atoms with Crippen LogP contribution in [0.1, 0.15) is 12.8 Å². The molecule has 0 aliphatic carbocycles. The van der Waals surface area contributed by atoms with Crippen molar-refractivity contribution in [2.45, 2.75) is 23.1 Å².